The van der Waals surface area contributed by atoms with Crippen LogP contribution in [0.1, 0.15) is 35.4 Å². The number of hydrogen-bond donors (Lipinski definition) is 0. The highest BCUT2D eigenvalue weighted by Gasteiger charge is 2.35. The SMILES string of the molecule is Cc1ccc(C2CCN(c3[nH+]c(=O)c4cc(C(F)(F)F)cc([N+](=O)[O-])c4s3)CC2)cc1. The van der Waals surface area contributed by atoms with Gasteiger partial charge in [0.05, 0.1) is 29.0 Å². The lowest BCUT2D eigenvalue weighted by atomic mass is 9.89. The summed E-state index contributed by atoms with van der Waals surface area (Å²) in [5.74, 6) is 0.373. The van der Waals surface area contributed by atoms with Crippen LogP contribution in [0.3, 0.4) is 0 Å². The number of nitro groups is 1. The first-order valence-electron chi connectivity index (χ1n) is 9.71. The average Bonchev–Trinajstić information content (AvgIpc) is 2.73. The Kier molecular flexibility index (Phi) is 5.42. The summed E-state index contributed by atoms with van der Waals surface area (Å²) in [6.45, 7) is 3.29. The Hall–Kier alpha value is -3.01. The average molecular weight is 450 g/mol. The summed E-state index contributed by atoms with van der Waals surface area (Å²) in [7, 11) is 0. The summed E-state index contributed by atoms with van der Waals surface area (Å²) < 4.78 is 39.3. The molecule has 162 valence electrons. The molecule has 31 heavy (non-hydrogen) atoms. The lowest BCUT2D eigenvalue weighted by Gasteiger charge is -2.27. The van der Waals surface area contributed by atoms with Crippen molar-refractivity contribution in [1.29, 1.82) is 0 Å². The molecule has 1 aliphatic heterocycles. The first-order valence-corrected chi connectivity index (χ1v) is 10.5. The van der Waals surface area contributed by atoms with E-state index in [0.717, 1.165) is 24.2 Å². The first kappa shape index (κ1) is 21.2. The molecule has 3 aromatic rings. The van der Waals surface area contributed by atoms with Gasteiger partial charge in [-0.3, -0.25) is 15.0 Å². The number of anilines is 1. The smallest absolute Gasteiger partial charge is 0.258 e. The van der Waals surface area contributed by atoms with Crippen LogP contribution in [0, 0.1) is 17.0 Å². The molecular weight excluding hydrogens is 431 g/mol. The van der Waals surface area contributed by atoms with Gasteiger partial charge in [0.25, 0.3) is 5.69 Å². The second-order valence-electron chi connectivity index (χ2n) is 7.66. The molecule has 1 aliphatic rings. The third-order valence-corrected chi connectivity index (χ3v) is 6.77. The second kappa shape index (κ2) is 7.92. The number of rotatable bonds is 3. The second-order valence-corrected chi connectivity index (χ2v) is 8.66. The molecule has 6 nitrogen and oxygen atoms in total. The van der Waals surface area contributed by atoms with E-state index in [2.05, 4.69) is 29.2 Å². The van der Waals surface area contributed by atoms with E-state index < -0.39 is 27.9 Å². The molecule has 0 spiro atoms. The topological polar surface area (TPSA) is 77.6 Å². The van der Waals surface area contributed by atoms with Crippen molar-refractivity contribution in [3.63, 3.8) is 0 Å². The number of aromatic amines is 1. The highest BCUT2D eigenvalue weighted by atomic mass is 32.1. The lowest BCUT2D eigenvalue weighted by Crippen LogP contribution is -2.40. The number of alkyl halides is 3. The van der Waals surface area contributed by atoms with Crippen LogP contribution >= 0.6 is 11.3 Å². The summed E-state index contributed by atoms with van der Waals surface area (Å²) in [5, 5.41) is 11.5. The fourth-order valence-electron chi connectivity index (χ4n) is 3.87. The molecule has 2 aromatic carbocycles. The van der Waals surface area contributed by atoms with Crippen LogP contribution in [0.4, 0.5) is 24.0 Å². The van der Waals surface area contributed by atoms with Crippen molar-refractivity contribution in [1.82, 2.24) is 0 Å². The van der Waals surface area contributed by atoms with Crippen molar-refractivity contribution in [2.45, 2.75) is 31.9 Å². The summed E-state index contributed by atoms with van der Waals surface area (Å²) in [5.41, 5.74) is -0.255. The number of piperidine rings is 1. The molecule has 0 atom stereocenters. The molecule has 0 aliphatic carbocycles. The molecule has 1 saturated heterocycles. The lowest BCUT2D eigenvalue weighted by molar-refractivity contribution is -0.384. The minimum Gasteiger partial charge on any atom is -0.258 e. The number of halogens is 3. The predicted octanol–water partition coefficient (Wildman–Crippen LogP) is 4.70. The quantitative estimate of drug-likeness (QED) is 0.428. The molecule has 1 aromatic heterocycles. The zero-order valence-electron chi connectivity index (χ0n) is 16.5. The van der Waals surface area contributed by atoms with Crippen LogP contribution in [0.5, 0.6) is 0 Å². The largest absolute Gasteiger partial charge is 0.416 e. The Morgan fingerprint density at radius 2 is 1.81 bits per heavy atom. The summed E-state index contributed by atoms with van der Waals surface area (Å²) in [6, 6.07) is 9.52. The first-order chi connectivity index (χ1) is 14.6. The van der Waals surface area contributed by atoms with Crippen molar-refractivity contribution in [2.75, 3.05) is 18.0 Å². The molecule has 10 heteroatoms. The maximum absolute atomic E-state index is 13.1. The molecule has 0 bridgehead atoms. The fourth-order valence-corrected chi connectivity index (χ4v) is 5.02. The highest BCUT2D eigenvalue weighted by molar-refractivity contribution is 7.21. The summed E-state index contributed by atoms with van der Waals surface area (Å²) in [6.07, 6.45) is -3.11. The van der Waals surface area contributed by atoms with E-state index in [1.807, 2.05) is 11.8 Å². The molecule has 0 radical (unpaired) electrons. The molecule has 0 unspecified atom stereocenters. The van der Waals surface area contributed by atoms with Crippen molar-refractivity contribution >= 4 is 32.2 Å². The zero-order chi connectivity index (χ0) is 22.3. The maximum Gasteiger partial charge on any atom is 0.416 e. The van der Waals surface area contributed by atoms with Crippen LogP contribution in [0.15, 0.2) is 41.2 Å². The molecular formula is C21H19F3N3O3S+. The molecule has 2 heterocycles. The highest BCUT2D eigenvalue weighted by Crippen LogP contribution is 2.38. The number of non-ortho nitro benzene ring substituents is 1. The Balaban J connectivity index is 1.66. The van der Waals surface area contributed by atoms with Crippen molar-refractivity contribution in [3.05, 3.63) is 73.6 Å². The van der Waals surface area contributed by atoms with Crippen molar-refractivity contribution < 1.29 is 23.1 Å². The van der Waals surface area contributed by atoms with Crippen molar-refractivity contribution in [3.8, 4) is 0 Å². The van der Waals surface area contributed by atoms with Gasteiger partial charge in [-0.05, 0) is 48.6 Å². The third-order valence-electron chi connectivity index (χ3n) is 5.59. The van der Waals surface area contributed by atoms with Gasteiger partial charge < -0.3 is 0 Å². The minimum atomic E-state index is -4.79. The van der Waals surface area contributed by atoms with Gasteiger partial charge in [0, 0.05) is 6.07 Å². The molecule has 1 N–H and O–H groups in total. The van der Waals surface area contributed by atoms with Gasteiger partial charge >= 0.3 is 16.9 Å². The van der Waals surface area contributed by atoms with E-state index in [4.69, 9.17) is 0 Å². The maximum atomic E-state index is 13.1. The number of benzene rings is 2. The zero-order valence-corrected chi connectivity index (χ0v) is 17.3. The van der Waals surface area contributed by atoms with Crippen LogP contribution in [0.25, 0.3) is 10.1 Å². The van der Waals surface area contributed by atoms with E-state index in [1.165, 1.54) is 11.1 Å². The van der Waals surface area contributed by atoms with Gasteiger partial charge in [-0.1, -0.05) is 29.8 Å². The minimum absolute atomic E-state index is 0.0580. The van der Waals surface area contributed by atoms with E-state index in [1.54, 1.807) is 0 Å². The number of H-pyrrole nitrogens is 1. The number of fused-ring (bicyclic) bond motifs is 1. The van der Waals surface area contributed by atoms with Crippen molar-refractivity contribution in [2.24, 2.45) is 0 Å². The molecule has 1 fully saturated rings. The number of aromatic nitrogens is 1. The van der Waals surface area contributed by atoms with Crippen LogP contribution in [0.2, 0.25) is 0 Å². The van der Waals surface area contributed by atoms with Gasteiger partial charge in [-0.2, -0.15) is 18.2 Å². The van der Waals surface area contributed by atoms with Gasteiger partial charge in [0.1, 0.15) is 4.70 Å². The number of hydrogen-bond acceptors (Lipinski definition) is 5. The fraction of sp³-hybridized carbons (Fsp3) is 0.333. The van der Waals surface area contributed by atoms with Crippen LogP contribution < -0.4 is 15.4 Å². The van der Waals surface area contributed by atoms with Gasteiger partial charge in [0.15, 0.2) is 0 Å². The number of aryl methyl sites for hydroxylation is 1. The van der Waals surface area contributed by atoms with Crippen LogP contribution in [-0.4, -0.2) is 18.0 Å². The third kappa shape index (κ3) is 4.25. The van der Waals surface area contributed by atoms with Gasteiger partial charge in [-0.25, -0.2) is 4.79 Å². The Labute approximate surface area is 179 Å². The molecule has 4 rings (SSSR count). The summed E-state index contributed by atoms with van der Waals surface area (Å²) in [4.78, 5) is 27.7. The molecule has 0 saturated carbocycles. The Bertz CT molecular complexity index is 1200. The Morgan fingerprint density at radius 1 is 1.16 bits per heavy atom. The van der Waals surface area contributed by atoms with Crippen LogP contribution in [-0.2, 0) is 6.18 Å². The van der Waals surface area contributed by atoms with E-state index in [9.17, 15) is 28.1 Å². The summed E-state index contributed by atoms with van der Waals surface area (Å²) >= 11 is 0.942. The normalized spacial score (nSPS) is 15.4. The molecule has 0 amide bonds. The Morgan fingerprint density at radius 3 is 2.39 bits per heavy atom. The number of nitro benzene ring substituents is 1. The van der Waals surface area contributed by atoms with E-state index in [0.29, 0.717) is 36.3 Å². The number of nitrogens with zero attached hydrogens (tertiary/aromatic N) is 2. The van der Waals surface area contributed by atoms with Gasteiger partial charge in [-0.15, -0.1) is 0 Å². The van der Waals surface area contributed by atoms with E-state index >= 15 is 0 Å². The van der Waals surface area contributed by atoms with E-state index in [-0.39, 0.29) is 10.1 Å². The standard InChI is InChI=1S/C21H18F3N3O3S/c1-12-2-4-13(5-3-12)14-6-8-26(9-7-14)20-25-19(28)16-10-15(21(22,23)24)11-17(27(29)30)18(16)31-20/h2-5,10-11,14H,6-9H2,1H3/p+1. The van der Waals surface area contributed by atoms with Gasteiger partial charge in [0.2, 0.25) is 0 Å². The monoisotopic (exact) mass is 450 g/mol. The number of nitrogens with one attached hydrogen (secondary N) is 1. The predicted molar refractivity (Wildman–Crippen MR) is 112 cm³/mol.